The fourth-order valence-corrected chi connectivity index (χ4v) is 1.95. The molecular formula is C14H21NO2. The molecule has 1 saturated carbocycles. The van der Waals surface area contributed by atoms with E-state index >= 15 is 0 Å². The Balaban J connectivity index is 2.10. The van der Waals surface area contributed by atoms with Crippen LogP contribution in [0.4, 0.5) is 0 Å². The third kappa shape index (κ3) is 2.99. The molecule has 0 spiro atoms. The summed E-state index contributed by atoms with van der Waals surface area (Å²) in [4.78, 5) is 0. The highest BCUT2D eigenvalue weighted by molar-refractivity contribution is 5.38. The van der Waals surface area contributed by atoms with Gasteiger partial charge in [0.15, 0.2) is 0 Å². The van der Waals surface area contributed by atoms with Crippen LogP contribution < -0.4 is 10.1 Å². The molecule has 1 unspecified atom stereocenters. The van der Waals surface area contributed by atoms with Gasteiger partial charge in [-0.15, -0.1) is 0 Å². The first-order valence-corrected chi connectivity index (χ1v) is 6.14. The van der Waals surface area contributed by atoms with Crippen LogP contribution in [0.5, 0.6) is 5.75 Å². The Morgan fingerprint density at radius 1 is 1.47 bits per heavy atom. The van der Waals surface area contributed by atoms with E-state index < -0.39 is 5.60 Å². The summed E-state index contributed by atoms with van der Waals surface area (Å²) >= 11 is 0. The van der Waals surface area contributed by atoms with Crippen molar-refractivity contribution < 1.29 is 9.84 Å². The van der Waals surface area contributed by atoms with Gasteiger partial charge in [0, 0.05) is 12.6 Å². The fourth-order valence-electron chi connectivity index (χ4n) is 1.95. The largest absolute Gasteiger partial charge is 0.496 e. The van der Waals surface area contributed by atoms with Crippen molar-refractivity contribution in [3.8, 4) is 5.75 Å². The summed E-state index contributed by atoms with van der Waals surface area (Å²) in [7, 11) is 1.66. The summed E-state index contributed by atoms with van der Waals surface area (Å²) in [6.07, 6.45) is 2.47. The van der Waals surface area contributed by atoms with Gasteiger partial charge in [0.05, 0.1) is 12.7 Å². The van der Waals surface area contributed by atoms with Crippen molar-refractivity contribution in [1.29, 1.82) is 0 Å². The number of aryl methyl sites for hydroxylation is 1. The molecule has 1 aromatic rings. The van der Waals surface area contributed by atoms with E-state index in [1.54, 1.807) is 7.11 Å². The van der Waals surface area contributed by atoms with Crippen molar-refractivity contribution in [3.63, 3.8) is 0 Å². The van der Waals surface area contributed by atoms with E-state index in [0.29, 0.717) is 12.6 Å². The molecule has 0 saturated heterocycles. The van der Waals surface area contributed by atoms with E-state index in [1.165, 1.54) is 12.8 Å². The van der Waals surface area contributed by atoms with Gasteiger partial charge in [-0.25, -0.2) is 0 Å². The number of hydrogen-bond donors (Lipinski definition) is 2. The van der Waals surface area contributed by atoms with E-state index in [-0.39, 0.29) is 0 Å². The number of ether oxygens (including phenoxy) is 1. The smallest absolute Gasteiger partial charge is 0.121 e. The topological polar surface area (TPSA) is 41.5 Å². The normalized spacial score (nSPS) is 18.8. The predicted molar refractivity (Wildman–Crippen MR) is 68.3 cm³/mol. The second-order valence-corrected chi connectivity index (χ2v) is 5.11. The highest BCUT2D eigenvalue weighted by Gasteiger charge is 2.28. The summed E-state index contributed by atoms with van der Waals surface area (Å²) in [5, 5.41) is 13.8. The van der Waals surface area contributed by atoms with E-state index in [2.05, 4.69) is 5.32 Å². The zero-order chi connectivity index (χ0) is 12.5. The van der Waals surface area contributed by atoms with Crippen LogP contribution >= 0.6 is 0 Å². The predicted octanol–water partition coefficient (Wildman–Crippen LogP) is 1.96. The lowest BCUT2D eigenvalue weighted by atomic mass is 9.94. The van der Waals surface area contributed by atoms with Crippen LogP contribution in [0.3, 0.4) is 0 Å². The van der Waals surface area contributed by atoms with Crippen LogP contribution in [0.2, 0.25) is 0 Å². The third-order valence-electron chi connectivity index (χ3n) is 3.33. The zero-order valence-corrected chi connectivity index (χ0v) is 10.8. The maximum Gasteiger partial charge on any atom is 0.121 e. The van der Waals surface area contributed by atoms with Gasteiger partial charge in [-0.3, -0.25) is 0 Å². The summed E-state index contributed by atoms with van der Waals surface area (Å²) in [6, 6.07) is 6.45. The minimum Gasteiger partial charge on any atom is -0.496 e. The number of aliphatic hydroxyl groups is 1. The van der Waals surface area contributed by atoms with Crippen LogP contribution in [0.1, 0.15) is 30.9 Å². The number of rotatable bonds is 5. The van der Waals surface area contributed by atoms with Crippen molar-refractivity contribution in [3.05, 3.63) is 29.3 Å². The molecule has 0 aliphatic heterocycles. The molecule has 2 N–H and O–H groups in total. The molecule has 17 heavy (non-hydrogen) atoms. The van der Waals surface area contributed by atoms with Crippen molar-refractivity contribution >= 4 is 0 Å². The summed E-state index contributed by atoms with van der Waals surface area (Å²) < 4.78 is 5.22. The number of methoxy groups -OCH3 is 1. The molecule has 0 bridgehead atoms. The molecule has 3 heteroatoms. The van der Waals surface area contributed by atoms with Crippen molar-refractivity contribution in [2.45, 2.75) is 38.3 Å². The molecule has 2 rings (SSSR count). The first-order valence-electron chi connectivity index (χ1n) is 6.14. The fraction of sp³-hybridized carbons (Fsp3) is 0.571. The Labute approximate surface area is 103 Å². The van der Waals surface area contributed by atoms with Gasteiger partial charge in [0.25, 0.3) is 0 Å². The minimum atomic E-state index is -0.820. The molecule has 1 fully saturated rings. The summed E-state index contributed by atoms with van der Waals surface area (Å²) in [5.41, 5.74) is 1.17. The third-order valence-corrected chi connectivity index (χ3v) is 3.33. The van der Waals surface area contributed by atoms with Crippen LogP contribution in [0.15, 0.2) is 18.2 Å². The van der Waals surface area contributed by atoms with Crippen molar-refractivity contribution in [2.75, 3.05) is 13.7 Å². The van der Waals surface area contributed by atoms with Gasteiger partial charge in [-0.05, 0) is 49.9 Å². The van der Waals surface area contributed by atoms with Crippen molar-refractivity contribution in [1.82, 2.24) is 5.32 Å². The first kappa shape index (κ1) is 12.4. The molecule has 94 valence electrons. The van der Waals surface area contributed by atoms with Crippen molar-refractivity contribution in [2.24, 2.45) is 0 Å². The summed E-state index contributed by atoms with van der Waals surface area (Å²) in [6.45, 7) is 4.44. The lowest BCUT2D eigenvalue weighted by molar-refractivity contribution is 0.0565. The summed E-state index contributed by atoms with van der Waals surface area (Å²) in [5.74, 6) is 0.861. The van der Waals surface area contributed by atoms with E-state index in [4.69, 9.17) is 4.74 Å². The molecule has 0 amide bonds. The lowest BCUT2D eigenvalue weighted by Crippen LogP contribution is -2.36. The lowest BCUT2D eigenvalue weighted by Gasteiger charge is -2.25. The molecule has 0 heterocycles. The molecule has 3 nitrogen and oxygen atoms in total. The number of hydrogen-bond acceptors (Lipinski definition) is 3. The first-order chi connectivity index (χ1) is 8.03. The van der Waals surface area contributed by atoms with Gasteiger partial charge in [-0.2, -0.15) is 0 Å². The SMILES string of the molecule is COc1ccc(C(C)(O)CNC2CC2)cc1C. The van der Waals surface area contributed by atoms with Gasteiger partial charge in [0.1, 0.15) is 5.75 Å². The Kier molecular flexibility index (Phi) is 3.40. The monoisotopic (exact) mass is 235 g/mol. The maximum absolute atomic E-state index is 10.4. The van der Waals surface area contributed by atoms with E-state index in [1.807, 2.05) is 32.0 Å². The maximum atomic E-state index is 10.4. The van der Waals surface area contributed by atoms with Gasteiger partial charge >= 0.3 is 0 Å². The number of nitrogens with one attached hydrogen (secondary N) is 1. The molecule has 1 aromatic carbocycles. The van der Waals surface area contributed by atoms with Gasteiger partial charge in [-0.1, -0.05) is 6.07 Å². The average Bonchev–Trinajstić information content (AvgIpc) is 3.10. The van der Waals surface area contributed by atoms with E-state index in [9.17, 15) is 5.11 Å². The highest BCUT2D eigenvalue weighted by Crippen LogP contribution is 2.27. The highest BCUT2D eigenvalue weighted by atomic mass is 16.5. The van der Waals surface area contributed by atoms with Crippen LogP contribution in [-0.2, 0) is 5.60 Å². The Bertz CT molecular complexity index is 397. The van der Waals surface area contributed by atoms with Gasteiger partial charge < -0.3 is 15.2 Å². The Hall–Kier alpha value is -1.06. The molecule has 0 radical (unpaired) electrons. The standard InChI is InChI=1S/C14H21NO2/c1-10-8-11(4-7-13(10)17-3)14(2,16)9-15-12-5-6-12/h4,7-8,12,15-16H,5-6,9H2,1-3H3. The molecule has 0 aromatic heterocycles. The minimum absolute atomic E-state index is 0.601. The number of benzene rings is 1. The second-order valence-electron chi connectivity index (χ2n) is 5.11. The molecule has 1 aliphatic rings. The molecule has 1 aliphatic carbocycles. The second kappa shape index (κ2) is 4.67. The van der Waals surface area contributed by atoms with E-state index in [0.717, 1.165) is 16.9 Å². The quantitative estimate of drug-likeness (QED) is 0.820. The van der Waals surface area contributed by atoms with Gasteiger partial charge in [0.2, 0.25) is 0 Å². The van der Waals surface area contributed by atoms with Crippen LogP contribution in [0, 0.1) is 6.92 Å². The van der Waals surface area contributed by atoms with Crippen LogP contribution in [-0.4, -0.2) is 24.8 Å². The Morgan fingerprint density at radius 2 is 2.18 bits per heavy atom. The molecular weight excluding hydrogens is 214 g/mol. The van der Waals surface area contributed by atoms with Crippen LogP contribution in [0.25, 0.3) is 0 Å². The zero-order valence-electron chi connectivity index (χ0n) is 10.8. The molecule has 1 atom stereocenters. The average molecular weight is 235 g/mol. The Morgan fingerprint density at radius 3 is 2.71 bits per heavy atom.